The van der Waals surface area contributed by atoms with E-state index in [1.54, 1.807) is 6.92 Å². The third-order valence-electron chi connectivity index (χ3n) is 3.24. The van der Waals surface area contributed by atoms with Crippen molar-refractivity contribution in [1.82, 2.24) is 15.2 Å². The minimum Gasteiger partial charge on any atom is -0.465 e. The lowest BCUT2D eigenvalue weighted by Gasteiger charge is -2.13. The zero-order valence-electron chi connectivity index (χ0n) is 12.9. The van der Waals surface area contributed by atoms with E-state index in [4.69, 9.17) is 4.74 Å². The zero-order valence-corrected chi connectivity index (χ0v) is 12.9. The quantitative estimate of drug-likeness (QED) is 0.858. The van der Waals surface area contributed by atoms with Gasteiger partial charge in [-0.3, -0.25) is 9.89 Å². The van der Waals surface area contributed by atoms with Gasteiger partial charge in [-0.1, -0.05) is 43.7 Å². The van der Waals surface area contributed by atoms with E-state index in [-0.39, 0.29) is 11.9 Å². The lowest BCUT2D eigenvalue weighted by Crippen LogP contribution is -2.18. The third-order valence-corrected chi connectivity index (χ3v) is 3.24. The summed E-state index contributed by atoms with van der Waals surface area (Å²) in [4.78, 5) is 16.7. The smallest absolute Gasteiger partial charge is 0.321 e. The highest BCUT2D eigenvalue weighted by atomic mass is 16.5. The second-order valence-corrected chi connectivity index (χ2v) is 5.33. The normalized spacial score (nSPS) is 12.4. The standard InChI is InChI=1S/C16H21N3O2/c1-5-21-16(20)13(12-8-6-11(4)7-9-12)15-17-14(10(2)3)18-19-15/h6-10,13H,5H2,1-4H3,(H,17,18,19). The van der Waals surface area contributed by atoms with Crippen molar-refractivity contribution in [2.24, 2.45) is 0 Å². The summed E-state index contributed by atoms with van der Waals surface area (Å²) in [5.41, 5.74) is 1.99. The summed E-state index contributed by atoms with van der Waals surface area (Å²) < 4.78 is 5.19. The van der Waals surface area contributed by atoms with Crippen LogP contribution in [-0.2, 0) is 9.53 Å². The van der Waals surface area contributed by atoms with Crippen LogP contribution in [0.25, 0.3) is 0 Å². The van der Waals surface area contributed by atoms with Gasteiger partial charge in [-0.15, -0.1) is 0 Å². The highest BCUT2D eigenvalue weighted by Gasteiger charge is 2.28. The predicted octanol–water partition coefficient (Wildman–Crippen LogP) is 2.93. The molecule has 1 heterocycles. The number of H-pyrrole nitrogens is 1. The Morgan fingerprint density at radius 3 is 2.48 bits per heavy atom. The van der Waals surface area contributed by atoms with Gasteiger partial charge in [-0.05, 0) is 19.4 Å². The number of aromatic nitrogens is 3. The zero-order chi connectivity index (χ0) is 15.4. The minimum atomic E-state index is -0.564. The van der Waals surface area contributed by atoms with E-state index in [0.29, 0.717) is 18.3 Å². The van der Waals surface area contributed by atoms with E-state index in [1.165, 1.54) is 0 Å². The second-order valence-electron chi connectivity index (χ2n) is 5.33. The highest BCUT2D eigenvalue weighted by molar-refractivity contribution is 5.81. The van der Waals surface area contributed by atoms with Gasteiger partial charge in [0.25, 0.3) is 0 Å². The van der Waals surface area contributed by atoms with Crippen LogP contribution in [0.2, 0.25) is 0 Å². The summed E-state index contributed by atoms with van der Waals surface area (Å²) in [6.07, 6.45) is 0. The molecule has 0 aliphatic carbocycles. The number of rotatable bonds is 5. The summed E-state index contributed by atoms with van der Waals surface area (Å²) in [6, 6.07) is 7.80. The number of aromatic amines is 1. The van der Waals surface area contributed by atoms with E-state index >= 15 is 0 Å². The number of nitrogens with zero attached hydrogens (tertiary/aromatic N) is 2. The van der Waals surface area contributed by atoms with E-state index < -0.39 is 5.92 Å². The van der Waals surface area contributed by atoms with E-state index in [2.05, 4.69) is 15.2 Å². The van der Waals surface area contributed by atoms with Crippen LogP contribution in [0.3, 0.4) is 0 Å². The van der Waals surface area contributed by atoms with Crippen molar-refractivity contribution in [3.8, 4) is 0 Å². The number of nitrogens with one attached hydrogen (secondary N) is 1. The van der Waals surface area contributed by atoms with E-state index in [9.17, 15) is 4.79 Å². The first kappa shape index (κ1) is 15.2. The molecule has 0 saturated heterocycles. The maximum Gasteiger partial charge on any atom is 0.321 e. The van der Waals surface area contributed by atoms with Gasteiger partial charge >= 0.3 is 5.97 Å². The number of carbonyl (C=O) groups excluding carboxylic acids is 1. The van der Waals surface area contributed by atoms with Crippen molar-refractivity contribution >= 4 is 5.97 Å². The Hall–Kier alpha value is -2.17. The van der Waals surface area contributed by atoms with Crippen LogP contribution >= 0.6 is 0 Å². The highest BCUT2D eigenvalue weighted by Crippen LogP contribution is 2.25. The van der Waals surface area contributed by atoms with E-state index in [0.717, 1.165) is 11.1 Å². The molecular formula is C16H21N3O2. The van der Waals surface area contributed by atoms with Crippen LogP contribution < -0.4 is 0 Å². The maximum atomic E-state index is 12.3. The molecule has 0 aliphatic rings. The summed E-state index contributed by atoms with van der Waals surface area (Å²) in [6.45, 7) is 8.17. The topological polar surface area (TPSA) is 67.9 Å². The first-order valence-electron chi connectivity index (χ1n) is 7.18. The van der Waals surface area contributed by atoms with Crippen molar-refractivity contribution in [3.05, 3.63) is 47.0 Å². The van der Waals surface area contributed by atoms with Gasteiger partial charge in [0.1, 0.15) is 11.7 Å². The molecule has 1 N–H and O–H groups in total. The SMILES string of the molecule is CCOC(=O)C(c1ccc(C)cc1)c1nc(C(C)C)n[nH]1. The van der Waals surface area contributed by atoms with Gasteiger partial charge in [-0.2, -0.15) is 5.10 Å². The molecule has 0 spiro atoms. The molecule has 2 aromatic rings. The fraction of sp³-hybridized carbons (Fsp3) is 0.438. The summed E-state index contributed by atoms with van der Waals surface area (Å²) in [7, 11) is 0. The van der Waals surface area contributed by atoms with Crippen molar-refractivity contribution < 1.29 is 9.53 Å². The molecule has 1 unspecified atom stereocenters. The largest absolute Gasteiger partial charge is 0.465 e. The lowest BCUT2D eigenvalue weighted by molar-refractivity contribution is -0.144. The molecule has 0 radical (unpaired) electrons. The molecule has 1 aromatic heterocycles. The molecule has 21 heavy (non-hydrogen) atoms. The van der Waals surface area contributed by atoms with E-state index in [1.807, 2.05) is 45.0 Å². The monoisotopic (exact) mass is 287 g/mol. The molecule has 0 bridgehead atoms. The Kier molecular flexibility index (Phi) is 4.73. The molecule has 112 valence electrons. The van der Waals surface area contributed by atoms with Crippen molar-refractivity contribution in [3.63, 3.8) is 0 Å². The van der Waals surface area contributed by atoms with Gasteiger partial charge in [0, 0.05) is 5.92 Å². The van der Waals surface area contributed by atoms with Crippen LogP contribution in [0.4, 0.5) is 0 Å². The maximum absolute atomic E-state index is 12.3. The molecular weight excluding hydrogens is 266 g/mol. The van der Waals surface area contributed by atoms with Crippen LogP contribution in [0.1, 0.15) is 55.4 Å². The van der Waals surface area contributed by atoms with Crippen molar-refractivity contribution in [2.45, 2.75) is 39.5 Å². The number of hydrogen-bond donors (Lipinski definition) is 1. The fourth-order valence-corrected chi connectivity index (χ4v) is 2.07. The first-order valence-corrected chi connectivity index (χ1v) is 7.18. The molecule has 5 heteroatoms. The van der Waals surface area contributed by atoms with Gasteiger partial charge in [0.05, 0.1) is 6.61 Å². The number of esters is 1. The Balaban J connectivity index is 2.39. The Bertz CT molecular complexity index is 602. The van der Waals surface area contributed by atoms with Gasteiger partial charge in [0.15, 0.2) is 5.82 Å². The Labute approximate surface area is 124 Å². The molecule has 1 atom stereocenters. The minimum absolute atomic E-state index is 0.205. The van der Waals surface area contributed by atoms with Gasteiger partial charge < -0.3 is 4.74 Å². The van der Waals surface area contributed by atoms with Crippen LogP contribution in [0.15, 0.2) is 24.3 Å². The van der Waals surface area contributed by atoms with Crippen LogP contribution in [-0.4, -0.2) is 27.8 Å². The number of benzene rings is 1. The average Bonchev–Trinajstić information content (AvgIpc) is 2.91. The molecule has 0 fully saturated rings. The summed E-state index contributed by atoms with van der Waals surface area (Å²) in [5.74, 6) is 0.557. The lowest BCUT2D eigenvalue weighted by atomic mass is 9.97. The molecule has 2 rings (SSSR count). The average molecular weight is 287 g/mol. The molecule has 0 amide bonds. The summed E-state index contributed by atoms with van der Waals surface area (Å²) in [5, 5.41) is 7.06. The molecule has 5 nitrogen and oxygen atoms in total. The molecule has 0 saturated carbocycles. The fourth-order valence-electron chi connectivity index (χ4n) is 2.07. The van der Waals surface area contributed by atoms with Crippen LogP contribution in [0, 0.1) is 6.92 Å². The Morgan fingerprint density at radius 1 is 1.29 bits per heavy atom. The molecule has 0 aliphatic heterocycles. The second kappa shape index (κ2) is 6.52. The third kappa shape index (κ3) is 3.48. The predicted molar refractivity (Wildman–Crippen MR) is 80.1 cm³/mol. The summed E-state index contributed by atoms with van der Waals surface area (Å²) >= 11 is 0. The number of aryl methyl sites for hydroxylation is 1. The Morgan fingerprint density at radius 2 is 1.95 bits per heavy atom. The number of carbonyl (C=O) groups is 1. The van der Waals surface area contributed by atoms with Gasteiger partial charge in [-0.25, -0.2) is 4.98 Å². The van der Waals surface area contributed by atoms with Gasteiger partial charge in [0.2, 0.25) is 0 Å². The molecule has 1 aromatic carbocycles. The number of hydrogen-bond acceptors (Lipinski definition) is 4. The van der Waals surface area contributed by atoms with Crippen LogP contribution in [0.5, 0.6) is 0 Å². The van der Waals surface area contributed by atoms with Crippen molar-refractivity contribution in [1.29, 1.82) is 0 Å². The number of ether oxygens (including phenoxy) is 1. The van der Waals surface area contributed by atoms with Crippen molar-refractivity contribution in [2.75, 3.05) is 6.61 Å². The first-order chi connectivity index (χ1) is 10.0.